The first-order valence-electron chi connectivity index (χ1n) is 10.7. The number of rotatable bonds is 6. The number of carbonyl (C=O) groups excluding carboxylic acids is 2. The van der Waals surface area contributed by atoms with Crippen molar-refractivity contribution < 1.29 is 14.3 Å². The molecule has 3 heterocycles. The number of methoxy groups -OCH3 is 1. The Balaban J connectivity index is 1.52. The van der Waals surface area contributed by atoms with Gasteiger partial charge < -0.3 is 15.0 Å². The molecule has 0 radical (unpaired) electrons. The number of ether oxygens (including phenoxy) is 1. The van der Waals surface area contributed by atoms with E-state index in [1.54, 1.807) is 24.4 Å². The summed E-state index contributed by atoms with van der Waals surface area (Å²) in [6, 6.07) is 3.61. The number of pyridine rings is 1. The number of hydrogen-bond acceptors (Lipinski definition) is 6. The average molecular weight is 424 g/mol. The van der Waals surface area contributed by atoms with Gasteiger partial charge in [0, 0.05) is 56.3 Å². The summed E-state index contributed by atoms with van der Waals surface area (Å²) in [5.74, 6) is 0.251. The molecular formula is C23H29N5O3. The summed E-state index contributed by atoms with van der Waals surface area (Å²) in [6.07, 6.45) is 7.16. The number of likely N-dealkylation sites (tertiary alicyclic amines) is 1. The monoisotopic (exact) mass is 423 g/mol. The molecule has 2 aromatic heterocycles. The fourth-order valence-electron chi connectivity index (χ4n) is 4.47. The van der Waals surface area contributed by atoms with E-state index in [0.717, 1.165) is 29.7 Å². The molecule has 1 aliphatic heterocycles. The molecular weight excluding hydrogens is 394 g/mol. The van der Waals surface area contributed by atoms with E-state index in [-0.39, 0.29) is 35.6 Å². The zero-order valence-electron chi connectivity index (χ0n) is 18.3. The van der Waals surface area contributed by atoms with Gasteiger partial charge in [0.15, 0.2) is 5.82 Å². The van der Waals surface area contributed by atoms with Crippen LogP contribution in [-0.4, -0.2) is 58.5 Å². The molecule has 2 aliphatic rings. The third-order valence-corrected chi connectivity index (χ3v) is 6.08. The molecule has 2 aromatic rings. The summed E-state index contributed by atoms with van der Waals surface area (Å²) >= 11 is 0. The molecule has 1 saturated heterocycles. The summed E-state index contributed by atoms with van der Waals surface area (Å²) in [5, 5.41) is 3.19. The van der Waals surface area contributed by atoms with E-state index < -0.39 is 0 Å². The average Bonchev–Trinajstić information content (AvgIpc) is 3.12. The number of amides is 2. The fraction of sp³-hybridized carbons (Fsp3) is 0.522. The topological polar surface area (TPSA) is 97.3 Å². The Bertz CT molecular complexity index is 963. The van der Waals surface area contributed by atoms with E-state index in [2.05, 4.69) is 29.1 Å². The Labute approximate surface area is 182 Å². The van der Waals surface area contributed by atoms with Crippen LogP contribution in [0.5, 0.6) is 0 Å². The molecule has 8 nitrogen and oxygen atoms in total. The maximum absolute atomic E-state index is 13.0. The van der Waals surface area contributed by atoms with Crippen LogP contribution in [0.25, 0.3) is 11.4 Å². The summed E-state index contributed by atoms with van der Waals surface area (Å²) in [4.78, 5) is 40.4. The molecule has 4 rings (SSSR count). The largest absolute Gasteiger partial charge is 0.383 e. The Hall–Kier alpha value is -2.87. The smallest absolute Gasteiger partial charge is 0.225 e. The minimum absolute atomic E-state index is 0.00639. The van der Waals surface area contributed by atoms with Crippen LogP contribution in [0.1, 0.15) is 44.0 Å². The zero-order chi connectivity index (χ0) is 22.0. The van der Waals surface area contributed by atoms with Gasteiger partial charge in [-0.25, -0.2) is 9.97 Å². The van der Waals surface area contributed by atoms with Gasteiger partial charge in [-0.2, -0.15) is 0 Å². The second-order valence-electron chi connectivity index (χ2n) is 9.17. The van der Waals surface area contributed by atoms with Crippen LogP contribution in [0.15, 0.2) is 30.7 Å². The van der Waals surface area contributed by atoms with E-state index in [1.807, 2.05) is 18.3 Å². The number of fused-ring (bicyclic) bond motifs is 1. The lowest BCUT2D eigenvalue weighted by atomic mass is 9.74. The highest BCUT2D eigenvalue weighted by Gasteiger charge is 2.38. The highest BCUT2D eigenvalue weighted by molar-refractivity contribution is 5.89. The van der Waals surface area contributed by atoms with Gasteiger partial charge in [-0.3, -0.25) is 14.6 Å². The normalized spacial score (nSPS) is 22.3. The Kier molecular flexibility index (Phi) is 6.00. The van der Waals surface area contributed by atoms with Gasteiger partial charge in [-0.05, 0) is 30.4 Å². The molecule has 164 valence electrons. The summed E-state index contributed by atoms with van der Waals surface area (Å²) < 4.78 is 5.06. The van der Waals surface area contributed by atoms with Crippen molar-refractivity contribution in [1.29, 1.82) is 0 Å². The fourth-order valence-corrected chi connectivity index (χ4v) is 4.47. The van der Waals surface area contributed by atoms with Crippen molar-refractivity contribution in [2.45, 2.75) is 39.2 Å². The van der Waals surface area contributed by atoms with Crippen LogP contribution in [-0.2, 0) is 20.7 Å². The lowest BCUT2D eigenvalue weighted by Crippen LogP contribution is -2.40. The van der Waals surface area contributed by atoms with Gasteiger partial charge in [-0.15, -0.1) is 0 Å². The highest BCUT2D eigenvalue weighted by Crippen LogP contribution is 2.40. The van der Waals surface area contributed by atoms with Gasteiger partial charge in [-0.1, -0.05) is 13.8 Å². The van der Waals surface area contributed by atoms with E-state index in [1.165, 1.54) is 0 Å². The number of nitrogens with one attached hydrogen (secondary N) is 1. The Morgan fingerprint density at radius 1 is 1.32 bits per heavy atom. The van der Waals surface area contributed by atoms with E-state index in [9.17, 15) is 9.59 Å². The van der Waals surface area contributed by atoms with Crippen LogP contribution in [0.2, 0.25) is 0 Å². The molecule has 2 amide bonds. The molecule has 8 heteroatoms. The maximum Gasteiger partial charge on any atom is 0.225 e. The molecule has 1 fully saturated rings. The third-order valence-electron chi connectivity index (χ3n) is 6.08. The molecule has 1 N–H and O–H groups in total. The SMILES string of the molecule is COCCN1CC(C(=O)NC2CC(C)(C)Cc3nc(-c4ccncc4)ncc32)CC1=O. The molecule has 2 unspecified atom stereocenters. The van der Waals surface area contributed by atoms with Crippen molar-refractivity contribution in [3.8, 4) is 11.4 Å². The number of hydrogen-bond donors (Lipinski definition) is 1. The summed E-state index contributed by atoms with van der Waals surface area (Å²) in [7, 11) is 1.61. The van der Waals surface area contributed by atoms with Gasteiger partial charge in [0.05, 0.1) is 24.3 Å². The standard InChI is InChI=1S/C23H29N5O3/c1-23(2)11-18-17(13-25-21(26-18)15-4-6-24-7-5-15)19(12-23)27-22(30)16-10-20(29)28(14-16)8-9-31-3/h4-7,13,16,19H,8-12,14H2,1-3H3,(H,27,30). The predicted molar refractivity (Wildman–Crippen MR) is 115 cm³/mol. The van der Waals surface area contributed by atoms with Crippen LogP contribution >= 0.6 is 0 Å². The Morgan fingerprint density at radius 3 is 2.84 bits per heavy atom. The van der Waals surface area contributed by atoms with Crippen molar-refractivity contribution in [1.82, 2.24) is 25.2 Å². The number of nitrogens with zero attached hydrogens (tertiary/aromatic N) is 4. The highest BCUT2D eigenvalue weighted by atomic mass is 16.5. The predicted octanol–water partition coefficient (Wildman–Crippen LogP) is 2.16. The lowest BCUT2D eigenvalue weighted by Gasteiger charge is -2.37. The van der Waals surface area contributed by atoms with Crippen LogP contribution < -0.4 is 5.32 Å². The molecule has 0 bridgehead atoms. The van der Waals surface area contributed by atoms with E-state index in [4.69, 9.17) is 9.72 Å². The van der Waals surface area contributed by atoms with Gasteiger partial charge in [0.2, 0.25) is 11.8 Å². The van der Waals surface area contributed by atoms with Crippen LogP contribution in [0.4, 0.5) is 0 Å². The number of aromatic nitrogens is 3. The molecule has 0 aromatic carbocycles. The van der Waals surface area contributed by atoms with Gasteiger partial charge >= 0.3 is 0 Å². The van der Waals surface area contributed by atoms with Gasteiger partial charge in [0.25, 0.3) is 0 Å². The Morgan fingerprint density at radius 2 is 2.10 bits per heavy atom. The third kappa shape index (κ3) is 4.74. The summed E-state index contributed by atoms with van der Waals surface area (Å²) in [6.45, 7) is 5.81. The summed E-state index contributed by atoms with van der Waals surface area (Å²) in [5.41, 5.74) is 2.84. The van der Waals surface area contributed by atoms with Crippen molar-refractivity contribution in [2.75, 3.05) is 26.8 Å². The van der Waals surface area contributed by atoms with Crippen molar-refractivity contribution in [3.63, 3.8) is 0 Å². The second kappa shape index (κ2) is 8.70. The van der Waals surface area contributed by atoms with Crippen molar-refractivity contribution in [3.05, 3.63) is 42.0 Å². The quantitative estimate of drug-likeness (QED) is 0.765. The van der Waals surface area contributed by atoms with Gasteiger partial charge in [0.1, 0.15) is 0 Å². The number of carbonyl (C=O) groups is 2. The molecule has 0 spiro atoms. The molecule has 0 saturated carbocycles. The second-order valence-corrected chi connectivity index (χ2v) is 9.17. The lowest BCUT2D eigenvalue weighted by molar-refractivity contribution is -0.129. The van der Waals surface area contributed by atoms with Crippen LogP contribution in [0, 0.1) is 11.3 Å². The molecule has 31 heavy (non-hydrogen) atoms. The molecule has 2 atom stereocenters. The first-order valence-corrected chi connectivity index (χ1v) is 10.7. The maximum atomic E-state index is 13.0. The zero-order valence-corrected chi connectivity index (χ0v) is 18.3. The van der Waals surface area contributed by atoms with E-state index >= 15 is 0 Å². The first kappa shape index (κ1) is 21.4. The van der Waals surface area contributed by atoms with E-state index in [0.29, 0.717) is 25.5 Å². The van der Waals surface area contributed by atoms with Crippen molar-refractivity contribution in [2.24, 2.45) is 11.3 Å². The van der Waals surface area contributed by atoms with Crippen molar-refractivity contribution >= 4 is 11.8 Å². The first-order chi connectivity index (χ1) is 14.9. The van der Waals surface area contributed by atoms with Crippen LogP contribution in [0.3, 0.4) is 0 Å². The minimum atomic E-state index is -0.338. The molecule has 1 aliphatic carbocycles. The minimum Gasteiger partial charge on any atom is -0.383 e.